The van der Waals surface area contributed by atoms with Crippen LogP contribution in [0.4, 0.5) is 5.69 Å². The zero-order valence-electron chi connectivity index (χ0n) is 6.51. The average molecular weight is 201 g/mol. The summed E-state index contributed by atoms with van der Waals surface area (Å²) in [6.07, 6.45) is 0. The summed E-state index contributed by atoms with van der Waals surface area (Å²) >= 11 is 0. The van der Waals surface area contributed by atoms with Crippen molar-refractivity contribution in [2.45, 2.75) is 4.90 Å². The maximum atomic E-state index is 11.0. The van der Waals surface area contributed by atoms with E-state index in [4.69, 9.17) is 5.73 Å². The fourth-order valence-electron chi connectivity index (χ4n) is 0.742. The minimum absolute atomic E-state index is 0.103. The van der Waals surface area contributed by atoms with Crippen molar-refractivity contribution in [3.8, 4) is 0 Å². The van der Waals surface area contributed by atoms with Crippen LogP contribution in [0.3, 0.4) is 0 Å². The fraction of sp³-hybridized carbons (Fsp3) is 0. The number of hydrogen-bond donors (Lipinski definition) is 1. The molecule has 6 heteroatoms. The van der Waals surface area contributed by atoms with Crippen molar-refractivity contribution in [3.05, 3.63) is 24.3 Å². The van der Waals surface area contributed by atoms with Crippen molar-refractivity contribution < 1.29 is 17.4 Å². The second-order valence-corrected chi connectivity index (χ2v) is 3.79. The molecule has 0 saturated carbocycles. The topological polar surface area (TPSA) is 86.5 Å². The molecule has 0 aliphatic heterocycles. The van der Waals surface area contributed by atoms with E-state index < -0.39 is 10.1 Å². The molecule has 1 rings (SSSR count). The Morgan fingerprint density at radius 3 is 2.23 bits per heavy atom. The van der Waals surface area contributed by atoms with Crippen LogP contribution in [0.1, 0.15) is 0 Å². The maximum Gasteiger partial charge on any atom is 0.341 e. The summed E-state index contributed by atoms with van der Waals surface area (Å²) in [5.74, 6) is 0. The van der Waals surface area contributed by atoms with Gasteiger partial charge in [0.15, 0.2) is 0 Å². The number of nitrogen functional groups attached to an aromatic ring is 1. The second-order valence-electron chi connectivity index (χ2n) is 2.22. The first kappa shape index (κ1) is 9.53. The SMILES string of the molecule is Nc1ccc(S(=O)(=O)OC=O)cc1. The molecule has 0 saturated heterocycles. The summed E-state index contributed by atoms with van der Waals surface area (Å²) in [4.78, 5) is 9.73. The summed E-state index contributed by atoms with van der Waals surface area (Å²) in [6.45, 7) is -0.133. The summed E-state index contributed by atoms with van der Waals surface area (Å²) in [7, 11) is -3.95. The van der Waals surface area contributed by atoms with Gasteiger partial charge >= 0.3 is 16.6 Å². The first-order valence-electron chi connectivity index (χ1n) is 3.29. The highest BCUT2D eigenvalue weighted by molar-refractivity contribution is 7.87. The molecule has 0 atom stereocenters. The third-order valence-electron chi connectivity index (χ3n) is 1.33. The number of rotatable bonds is 3. The summed E-state index contributed by atoms with van der Waals surface area (Å²) in [5.41, 5.74) is 5.77. The zero-order valence-corrected chi connectivity index (χ0v) is 7.32. The third-order valence-corrected chi connectivity index (χ3v) is 2.52. The lowest BCUT2D eigenvalue weighted by Gasteiger charge is -2.00. The number of nitrogens with two attached hydrogens (primary N) is 1. The number of carbonyl (C=O) groups is 1. The van der Waals surface area contributed by atoms with E-state index in [0.717, 1.165) is 0 Å². The molecule has 0 spiro atoms. The Bertz CT molecular complexity index is 395. The lowest BCUT2D eigenvalue weighted by molar-refractivity contribution is -0.120. The van der Waals surface area contributed by atoms with Crippen molar-refractivity contribution in [3.63, 3.8) is 0 Å². The van der Waals surface area contributed by atoms with E-state index in [9.17, 15) is 13.2 Å². The first-order valence-corrected chi connectivity index (χ1v) is 4.69. The fourth-order valence-corrected chi connectivity index (χ4v) is 1.43. The minimum atomic E-state index is -3.95. The van der Waals surface area contributed by atoms with Crippen LogP contribution in [0.15, 0.2) is 29.2 Å². The molecule has 0 aliphatic carbocycles. The molecule has 1 aromatic carbocycles. The molecule has 0 radical (unpaired) electrons. The molecule has 70 valence electrons. The van der Waals surface area contributed by atoms with Gasteiger partial charge in [0, 0.05) is 5.69 Å². The number of hydrogen-bond acceptors (Lipinski definition) is 5. The summed E-state index contributed by atoms with van der Waals surface area (Å²) in [5, 5.41) is 0. The molecule has 0 aliphatic rings. The molecule has 0 aromatic heterocycles. The quantitative estimate of drug-likeness (QED) is 0.426. The van der Waals surface area contributed by atoms with Crippen LogP contribution in [-0.4, -0.2) is 14.9 Å². The Morgan fingerprint density at radius 2 is 1.77 bits per heavy atom. The van der Waals surface area contributed by atoms with Gasteiger partial charge in [0.05, 0.1) is 0 Å². The van der Waals surface area contributed by atoms with E-state index in [1.807, 2.05) is 0 Å². The van der Waals surface area contributed by atoms with Gasteiger partial charge in [0.1, 0.15) is 4.90 Å². The number of anilines is 1. The van der Waals surface area contributed by atoms with Gasteiger partial charge in [-0.15, -0.1) is 0 Å². The van der Waals surface area contributed by atoms with Crippen molar-refractivity contribution in [1.29, 1.82) is 0 Å². The van der Waals surface area contributed by atoms with Crippen molar-refractivity contribution in [1.82, 2.24) is 0 Å². The first-order chi connectivity index (χ1) is 6.06. The number of carbonyl (C=O) groups excluding carboxylic acids is 1. The van der Waals surface area contributed by atoms with Gasteiger partial charge in [-0.3, -0.25) is 4.79 Å². The van der Waals surface area contributed by atoms with Crippen LogP contribution >= 0.6 is 0 Å². The highest BCUT2D eigenvalue weighted by atomic mass is 32.2. The average Bonchev–Trinajstić information content (AvgIpc) is 2.05. The Hall–Kier alpha value is -1.56. The molecule has 0 heterocycles. The molecule has 0 bridgehead atoms. The minimum Gasteiger partial charge on any atom is -0.399 e. The molecular formula is C7H7NO4S. The van der Waals surface area contributed by atoms with Gasteiger partial charge in [-0.2, -0.15) is 8.42 Å². The van der Waals surface area contributed by atoms with Gasteiger partial charge in [0.2, 0.25) is 0 Å². The van der Waals surface area contributed by atoms with E-state index in [0.29, 0.717) is 5.69 Å². The van der Waals surface area contributed by atoms with Crippen LogP contribution in [0.25, 0.3) is 0 Å². The molecule has 0 fully saturated rings. The molecule has 0 unspecified atom stereocenters. The molecule has 2 N–H and O–H groups in total. The standard InChI is InChI=1S/C7H7NO4S/c8-6-1-3-7(4-2-6)13(10,11)12-5-9/h1-5H,8H2. The molecule has 0 amide bonds. The lowest BCUT2D eigenvalue weighted by Crippen LogP contribution is -2.04. The van der Waals surface area contributed by atoms with Gasteiger partial charge < -0.3 is 9.92 Å². The largest absolute Gasteiger partial charge is 0.399 e. The molecule has 13 heavy (non-hydrogen) atoms. The second kappa shape index (κ2) is 3.44. The highest BCUT2D eigenvalue weighted by Gasteiger charge is 2.13. The maximum absolute atomic E-state index is 11.0. The Kier molecular flexibility index (Phi) is 2.52. The van der Waals surface area contributed by atoms with Crippen LogP contribution < -0.4 is 5.73 Å². The van der Waals surface area contributed by atoms with Crippen LogP contribution in [0.2, 0.25) is 0 Å². The van der Waals surface area contributed by atoms with Gasteiger partial charge in [-0.05, 0) is 24.3 Å². The van der Waals surface area contributed by atoms with Crippen LogP contribution in [0, 0.1) is 0 Å². The molecule has 5 nitrogen and oxygen atoms in total. The van der Waals surface area contributed by atoms with Gasteiger partial charge in [-0.1, -0.05) is 0 Å². The Balaban J connectivity index is 3.08. The van der Waals surface area contributed by atoms with E-state index in [-0.39, 0.29) is 11.4 Å². The summed E-state index contributed by atoms with van der Waals surface area (Å²) < 4.78 is 26.0. The lowest BCUT2D eigenvalue weighted by atomic mass is 10.3. The number of benzene rings is 1. The van der Waals surface area contributed by atoms with Crippen LogP contribution in [-0.2, 0) is 19.1 Å². The smallest absolute Gasteiger partial charge is 0.341 e. The zero-order chi connectivity index (χ0) is 9.90. The van der Waals surface area contributed by atoms with Crippen molar-refractivity contribution in [2.24, 2.45) is 0 Å². The monoisotopic (exact) mass is 201 g/mol. The highest BCUT2D eigenvalue weighted by Crippen LogP contribution is 2.13. The van der Waals surface area contributed by atoms with Gasteiger partial charge in [0.25, 0.3) is 0 Å². The van der Waals surface area contributed by atoms with Crippen LogP contribution in [0.5, 0.6) is 0 Å². The third kappa shape index (κ3) is 2.19. The van der Waals surface area contributed by atoms with E-state index in [1.54, 1.807) is 0 Å². The van der Waals surface area contributed by atoms with E-state index in [1.165, 1.54) is 24.3 Å². The normalized spacial score (nSPS) is 10.8. The van der Waals surface area contributed by atoms with Gasteiger partial charge in [-0.25, -0.2) is 0 Å². The van der Waals surface area contributed by atoms with Crippen molar-refractivity contribution >= 4 is 22.3 Å². The Morgan fingerprint density at radius 1 is 1.23 bits per heavy atom. The Labute approximate surface area is 75.2 Å². The van der Waals surface area contributed by atoms with E-state index >= 15 is 0 Å². The predicted molar refractivity (Wildman–Crippen MR) is 45.2 cm³/mol. The molecule has 1 aromatic rings. The predicted octanol–water partition coefficient (Wildman–Crippen LogP) is 0.131. The summed E-state index contributed by atoms with van der Waals surface area (Å²) in [6, 6.07) is 5.32. The van der Waals surface area contributed by atoms with Crippen molar-refractivity contribution in [2.75, 3.05) is 5.73 Å². The van der Waals surface area contributed by atoms with E-state index in [2.05, 4.69) is 4.18 Å². The molecular weight excluding hydrogens is 194 g/mol.